The maximum Gasteiger partial charge on any atom is 0.387 e. The van der Waals surface area contributed by atoms with Crippen molar-refractivity contribution in [2.75, 3.05) is 7.11 Å². The van der Waals surface area contributed by atoms with Crippen LogP contribution in [-0.4, -0.2) is 25.6 Å². The molecule has 0 aromatic heterocycles. The number of hydrogen-bond acceptors (Lipinski definition) is 5. The molecule has 1 aliphatic heterocycles. The SMILES string of the molecule is COc1ccc(C=C2N=C(c3ccc(F)cc3F)OC2=O)cc1OC(F)F. The van der Waals surface area contributed by atoms with Gasteiger partial charge in [0.05, 0.1) is 12.7 Å². The van der Waals surface area contributed by atoms with Crippen molar-refractivity contribution < 1.29 is 36.6 Å². The molecule has 0 spiro atoms. The number of methoxy groups -OCH3 is 1. The molecular weight excluding hydrogens is 370 g/mol. The summed E-state index contributed by atoms with van der Waals surface area (Å²) in [6.07, 6.45) is 1.24. The zero-order valence-electron chi connectivity index (χ0n) is 13.7. The van der Waals surface area contributed by atoms with E-state index in [-0.39, 0.29) is 28.7 Å². The first kappa shape index (κ1) is 18.4. The molecule has 0 fully saturated rings. The van der Waals surface area contributed by atoms with Crippen molar-refractivity contribution in [3.8, 4) is 11.5 Å². The van der Waals surface area contributed by atoms with E-state index in [1.54, 1.807) is 0 Å². The van der Waals surface area contributed by atoms with Crippen molar-refractivity contribution >= 4 is 17.9 Å². The number of halogens is 4. The minimum Gasteiger partial charge on any atom is -0.493 e. The maximum absolute atomic E-state index is 13.8. The zero-order valence-corrected chi connectivity index (χ0v) is 13.7. The van der Waals surface area contributed by atoms with E-state index in [0.717, 1.165) is 12.1 Å². The molecule has 0 radical (unpaired) electrons. The third-order valence-electron chi connectivity index (χ3n) is 3.49. The lowest BCUT2D eigenvalue weighted by Gasteiger charge is -2.10. The van der Waals surface area contributed by atoms with Gasteiger partial charge in [-0.05, 0) is 35.9 Å². The fourth-order valence-corrected chi connectivity index (χ4v) is 2.32. The fourth-order valence-electron chi connectivity index (χ4n) is 2.32. The molecule has 0 aliphatic carbocycles. The number of alkyl halides is 2. The summed E-state index contributed by atoms with van der Waals surface area (Å²) in [6, 6.07) is 6.77. The minimum absolute atomic E-state index is 0.0732. The van der Waals surface area contributed by atoms with Crippen LogP contribution in [0.3, 0.4) is 0 Å². The molecule has 9 heteroatoms. The Labute approximate surface area is 150 Å². The monoisotopic (exact) mass is 381 g/mol. The van der Waals surface area contributed by atoms with E-state index in [2.05, 4.69) is 9.73 Å². The lowest BCUT2D eigenvalue weighted by Crippen LogP contribution is -2.07. The first-order valence-electron chi connectivity index (χ1n) is 7.48. The van der Waals surface area contributed by atoms with Crippen LogP contribution >= 0.6 is 0 Å². The Morgan fingerprint density at radius 2 is 1.89 bits per heavy atom. The van der Waals surface area contributed by atoms with Crippen LogP contribution in [0.4, 0.5) is 17.6 Å². The molecule has 0 unspecified atom stereocenters. The lowest BCUT2D eigenvalue weighted by atomic mass is 10.1. The first-order valence-corrected chi connectivity index (χ1v) is 7.48. The number of hydrogen-bond donors (Lipinski definition) is 0. The normalized spacial score (nSPS) is 15.1. The van der Waals surface area contributed by atoms with E-state index < -0.39 is 24.2 Å². The fraction of sp³-hybridized carbons (Fsp3) is 0.111. The van der Waals surface area contributed by atoms with E-state index in [0.29, 0.717) is 11.6 Å². The van der Waals surface area contributed by atoms with Crippen LogP contribution < -0.4 is 9.47 Å². The topological polar surface area (TPSA) is 57.1 Å². The summed E-state index contributed by atoms with van der Waals surface area (Å²) < 4.78 is 66.0. The summed E-state index contributed by atoms with van der Waals surface area (Å²) >= 11 is 0. The molecule has 2 aromatic carbocycles. The second-order valence-corrected chi connectivity index (χ2v) is 5.25. The molecule has 0 N–H and O–H groups in total. The van der Waals surface area contributed by atoms with Gasteiger partial charge in [-0.25, -0.2) is 18.6 Å². The molecule has 0 atom stereocenters. The predicted octanol–water partition coefficient (Wildman–Crippen LogP) is 3.92. The molecule has 0 saturated heterocycles. The van der Waals surface area contributed by atoms with E-state index >= 15 is 0 Å². The Morgan fingerprint density at radius 1 is 1.11 bits per heavy atom. The van der Waals surface area contributed by atoms with Crippen molar-refractivity contribution in [2.24, 2.45) is 4.99 Å². The third kappa shape index (κ3) is 4.08. The van der Waals surface area contributed by atoms with Crippen molar-refractivity contribution in [1.29, 1.82) is 0 Å². The smallest absolute Gasteiger partial charge is 0.387 e. The van der Waals surface area contributed by atoms with E-state index in [4.69, 9.17) is 9.47 Å². The number of cyclic esters (lactones) is 1. The summed E-state index contributed by atoms with van der Waals surface area (Å²) in [7, 11) is 1.29. The van der Waals surface area contributed by atoms with Crippen LogP contribution in [0.15, 0.2) is 47.1 Å². The highest BCUT2D eigenvalue weighted by molar-refractivity contribution is 6.12. The number of carbonyl (C=O) groups is 1. The molecule has 0 amide bonds. The molecule has 5 nitrogen and oxygen atoms in total. The summed E-state index contributed by atoms with van der Waals surface area (Å²) in [5.74, 6) is -3.10. The van der Waals surface area contributed by atoms with E-state index in [1.807, 2.05) is 0 Å². The van der Waals surface area contributed by atoms with Crippen LogP contribution in [0.25, 0.3) is 6.08 Å². The summed E-state index contributed by atoms with van der Waals surface area (Å²) in [6.45, 7) is -3.07. The molecule has 3 rings (SSSR count). The second-order valence-electron chi connectivity index (χ2n) is 5.25. The van der Waals surface area contributed by atoms with E-state index in [9.17, 15) is 22.4 Å². The highest BCUT2D eigenvalue weighted by atomic mass is 19.3. The van der Waals surface area contributed by atoms with Gasteiger partial charge in [0.2, 0.25) is 5.90 Å². The number of nitrogens with zero attached hydrogens (tertiary/aromatic N) is 1. The summed E-state index contributed by atoms with van der Waals surface area (Å²) in [4.78, 5) is 15.8. The standard InChI is InChI=1S/C18H11F4NO4/c1-25-14-5-2-9(7-15(14)26-18(21)22)6-13-17(24)27-16(23-13)11-4-3-10(19)8-12(11)20/h2-8,18H,1H3. The van der Waals surface area contributed by atoms with Crippen molar-refractivity contribution in [3.63, 3.8) is 0 Å². The predicted molar refractivity (Wildman–Crippen MR) is 86.6 cm³/mol. The number of carbonyl (C=O) groups excluding carboxylic acids is 1. The Morgan fingerprint density at radius 3 is 2.56 bits per heavy atom. The molecule has 27 heavy (non-hydrogen) atoms. The Kier molecular flexibility index (Phi) is 5.11. The summed E-state index contributed by atoms with van der Waals surface area (Å²) in [5.41, 5.74) is -0.0885. The van der Waals surface area contributed by atoms with Crippen LogP contribution in [-0.2, 0) is 9.53 Å². The molecule has 1 heterocycles. The van der Waals surface area contributed by atoms with Gasteiger partial charge in [0.25, 0.3) is 0 Å². The third-order valence-corrected chi connectivity index (χ3v) is 3.49. The number of aliphatic imine (C=N–C) groups is 1. The van der Waals surface area contributed by atoms with Gasteiger partial charge in [0.1, 0.15) is 11.6 Å². The van der Waals surface area contributed by atoms with E-state index in [1.165, 1.54) is 31.4 Å². The first-order chi connectivity index (χ1) is 12.9. The average molecular weight is 381 g/mol. The van der Waals surface area contributed by atoms with Gasteiger partial charge >= 0.3 is 12.6 Å². The quantitative estimate of drug-likeness (QED) is 0.448. The average Bonchev–Trinajstić information content (AvgIpc) is 2.95. The Bertz CT molecular complexity index is 956. The highest BCUT2D eigenvalue weighted by Crippen LogP contribution is 2.31. The van der Waals surface area contributed by atoms with Gasteiger partial charge < -0.3 is 14.2 Å². The van der Waals surface area contributed by atoms with Gasteiger partial charge in [-0.1, -0.05) is 6.07 Å². The van der Waals surface area contributed by atoms with Gasteiger partial charge in [-0.3, -0.25) is 0 Å². The number of esters is 1. The largest absolute Gasteiger partial charge is 0.493 e. The Hall–Kier alpha value is -3.36. The molecule has 1 aliphatic rings. The molecular formula is C18H11F4NO4. The van der Waals surface area contributed by atoms with Crippen molar-refractivity contribution in [1.82, 2.24) is 0 Å². The van der Waals surface area contributed by atoms with Crippen LogP contribution in [0.1, 0.15) is 11.1 Å². The number of rotatable bonds is 5. The Balaban J connectivity index is 1.94. The number of benzene rings is 2. The van der Waals surface area contributed by atoms with Crippen LogP contribution in [0.2, 0.25) is 0 Å². The van der Waals surface area contributed by atoms with Crippen molar-refractivity contribution in [3.05, 3.63) is 64.9 Å². The minimum atomic E-state index is -3.07. The summed E-state index contributed by atoms with van der Waals surface area (Å²) in [5, 5.41) is 0. The lowest BCUT2D eigenvalue weighted by molar-refractivity contribution is -0.129. The van der Waals surface area contributed by atoms with Gasteiger partial charge in [0.15, 0.2) is 17.2 Å². The van der Waals surface area contributed by atoms with Gasteiger partial charge in [-0.15, -0.1) is 0 Å². The zero-order chi connectivity index (χ0) is 19.6. The highest BCUT2D eigenvalue weighted by Gasteiger charge is 2.26. The van der Waals surface area contributed by atoms with Gasteiger partial charge in [-0.2, -0.15) is 8.78 Å². The molecule has 0 bridgehead atoms. The second kappa shape index (κ2) is 7.48. The molecule has 140 valence electrons. The van der Waals surface area contributed by atoms with Crippen LogP contribution in [0.5, 0.6) is 11.5 Å². The maximum atomic E-state index is 13.8. The van der Waals surface area contributed by atoms with Gasteiger partial charge in [0, 0.05) is 6.07 Å². The van der Waals surface area contributed by atoms with Crippen LogP contribution in [0, 0.1) is 11.6 Å². The molecule has 2 aromatic rings. The number of ether oxygens (including phenoxy) is 3. The van der Waals surface area contributed by atoms with Crippen molar-refractivity contribution in [2.45, 2.75) is 6.61 Å². The molecule has 0 saturated carbocycles.